The van der Waals surface area contributed by atoms with E-state index in [-0.39, 0.29) is 24.1 Å². The molecule has 134 valence electrons. The molecule has 1 aromatic heterocycles. The van der Waals surface area contributed by atoms with Crippen molar-refractivity contribution in [3.05, 3.63) is 45.1 Å². The van der Waals surface area contributed by atoms with E-state index in [9.17, 15) is 14.4 Å². The van der Waals surface area contributed by atoms with E-state index in [0.29, 0.717) is 23.7 Å². The second kappa shape index (κ2) is 7.68. The van der Waals surface area contributed by atoms with Gasteiger partial charge in [0.1, 0.15) is 0 Å². The first-order chi connectivity index (χ1) is 12.0. The Morgan fingerprint density at radius 3 is 2.68 bits per heavy atom. The Hall–Kier alpha value is -2.37. The van der Waals surface area contributed by atoms with Gasteiger partial charge in [-0.25, -0.2) is 4.79 Å². The van der Waals surface area contributed by atoms with Gasteiger partial charge >= 0.3 is 5.69 Å². The highest BCUT2D eigenvalue weighted by molar-refractivity contribution is 5.77. The number of benzene rings is 1. The maximum Gasteiger partial charge on any atom is 0.328 e. The third-order valence-electron chi connectivity index (χ3n) is 5.06. The average molecular weight is 343 g/mol. The van der Waals surface area contributed by atoms with Gasteiger partial charge in [0, 0.05) is 19.0 Å². The molecule has 2 aromatic rings. The summed E-state index contributed by atoms with van der Waals surface area (Å²) in [5.41, 5.74) is -0.190. The van der Waals surface area contributed by atoms with E-state index >= 15 is 0 Å². The largest absolute Gasteiger partial charge is 0.353 e. The zero-order valence-electron chi connectivity index (χ0n) is 14.6. The molecule has 1 saturated carbocycles. The topological polar surface area (TPSA) is 84.0 Å². The molecule has 1 fully saturated rings. The van der Waals surface area contributed by atoms with E-state index in [4.69, 9.17) is 0 Å². The minimum atomic E-state index is -0.426. The molecule has 2 N–H and O–H groups in total. The van der Waals surface area contributed by atoms with Crippen molar-refractivity contribution in [1.82, 2.24) is 14.9 Å². The number of nitrogens with one attached hydrogen (secondary N) is 2. The van der Waals surface area contributed by atoms with Crippen LogP contribution in [0.2, 0.25) is 0 Å². The van der Waals surface area contributed by atoms with Crippen molar-refractivity contribution in [2.45, 2.75) is 58.0 Å². The molecule has 0 aliphatic heterocycles. The van der Waals surface area contributed by atoms with Crippen molar-refractivity contribution >= 4 is 16.8 Å². The second-order valence-corrected chi connectivity index (χ2v) is 7.06. The molecule has 6 nitrogen and oxygen atoms in total. The number of amides is 1. The van der Waals surface area contributed by atoms with Gasteiger partial charge in [0.15, 0.2) is 0 Å². The minimum Gasteiger partial charge on any atom is -0.353 e. The SMILES string of the molecule is CC1CCC(NC(=O)CCCn2c(=O)[nH]c3ccccc3c2=O)CC1. The Bertz CT molecular complexity index is 860. The fraction of sp³-hybridized carbons (Fsp3) is 0.526. The first-order valence-electron chi connectivity index (χ1n) is 9.06. The van der Waals surface area contributed by atoms with Crippen LogP contribution in [0, 0.1) is 5.92 Å². The number of aromatic nitrogens is 2. The zero-order valence-corrected chi connectivity index (χ0v) is 14.6. The summed E-state index contributed by atoms with van der Waals surface area (Å²) in [6.45, 7) is 2.49. The normalized spacial score (nSPS) is 20.5. The van der Waals surface area contributed by atoms with Crippen LogP contribution in [0.25, 0.3) is 10.9 Å². The first-order valence-corrected chi connectivity index (χ1v) is 9.06. The van der Waals surface area contributed by atoms with Crippen molar-refractivity contribution in [2.75, 3.05) is 0 Å². The highest BCUT2D eigenvalue weighted by atomic mass is 16.2. The predicted molar refractivity (Wildman–Crippen MR) is 97.6 cm³/mol. The molecule has 1 aliphatic rings. The fourth-order valence-corrected chi connectivity index (χ4v) is 3.50. The standard InChI is InChI=1S/C19H25N3O3/c1-13-8-10-14(11-9-13)20-17(23)7-4-12-22-18(24)15-5-2-3-6-16(15)21-19(22)25/h2-3,5-6,13-14H,4,7-12H2,1H3,(H,20,23)(H,21,25). The van der Waals surface area contributed by atoms with Gasteiger partial charge in [-0.15, -0.1) is 0 Å². The molecular weight excluding hydrogens is 318 g/mol. The van der Waals surface area contributed by atoms with Crippen LogP contribution in [0.5, 0.6) is 0 Å². The summed E-state index contributed by atoms with van der Waals surface area (Å²) in [7, 11) is 0. The Balaban J connectivity index is 1.57. The number of hydrogen-bond acceptors (Lipinski definition) is 3. The van der Waals surface area contributed by atoms with Gasteiger partial charge in [0.05, 0.1) is 10.9 Å². The van der Waals surface area contributed by atoms with Crippen LogP contribution in [-0.4, -0.2) is 21.5 Å². The number of H-pyrrole nitrogens is 1. The second-order valence-electron chi connectivity index (χ2n) is 7.06. The fourth-order valence-electron chi connectivity index (χ4n) is 3.50. The van der Waals surface area contributed by atoms with Crippen molar-refractivity contribution in [3.63, 3.8) is 0 Å². The number of para-hydroxylation sites is 1. The van der Waals surface area contributed by atoms with Gasteiger partial charge < -0.3 is 10.3 Å². The third-order valence-corrected chi connectivity index (χ3v) is 5.06. The molecule has 0 spiro atoms. The molecule has 0 bridgehead atoms. The first kappa shape index (κ1) is 17.5. The lowest BCUT2D eigenvalue weighted by atomic mass is 9.87. The zero-order chi connectivity index (χ0) is 17.8. The number of rotatable bonds is 5. The highest BCUT2D eigenvalue weighted by Gasteiger charge is 2.19. The smallest absolute Gasteiger partial charge is 0.328 e. The summed E-state index contributed by atoms with van der Waals surface area (Å²) >= 11 is 0. The molecule has 1 aliphatic carbocycles. The Morgan fingerprint density at radius 2 is 1.92 bits per heavy atom. The van der Waals surface area contributed by atoms with Crippen molar-refractivity contribution in [3.8, 4) is 0 Å². The molecule has 0 unspecified atom stereocenters. The number of aromatic amines is 1. The van der Waals surface area contributed by atoms with Crippen molar-refractivity contribution < 1.29 is 4.79 Å². The number of hydrogen-bond donors (Lipinski definition) is 2. The van der Waals surface area contributed by atoms with Crippen LogP contribution >= 0.6 is 0 Å². The monoisotopic (exact) mass is 343 g/mol. The lowest BCUT2D eigenvalue weighted by Gasteiger charge is -2.26. The van der Waals surface area contributed by atoms with Crippen LogP contribution in [0.15, 0.2) is 33.9 Å². The number of nitrogens with zero attached hydrogens (tertiary/aromatic N) is 1. The van der Waals surface area contributed by atoms with Gasteiger partial charge in [-0.2, -0.15) is 0 Å². The van der Waals surface area contributed by atoms with Crippen LogP contribution in [0.3, 0.4) is 0 Å². The molecule has 0 atom stereocenters. The maximum absolute atomic E-state index is 12.4. The quantitative estimate of drug-likeness (QED) is 0.872. The van der Waals surface area contributed by atoms with Crippen LogP contribution < -0.4 is 16.6 Å². The average Bonchev–Trinajstić information content (AvgIpc) is 2.60. The van der Waals surface area contributed by atoms with Crippen molar-refractivity contribution in [2.24, 2.45) is 5.92 Å². The summed E-state index contributed by atoms with van der Waals surface area (Å²) in [5.74, 6) is 0.754. The van der Waals surface area contributed by atoms with Crippen LogP contribution in [-0.2, 0) is 11.3 Å². The number of carbonyl (C=O) groups is 1. The molecule has 1 aromatic carbocycles. The third kappa shape index (κ3) is 4.18. The summed E-state index contributed by atoms with van der Waals surface area (Å²) < 4.78 is 1.18. The molecule has 3 rings (SSSR count). The number of carbonyl (C=O) groups excluding carboxylic acids is 1. The minimum absolute atomic E-state index is 0.00446. The van der Waals surface area contributed by atoms with E-state index in [1.54, 1.807) is 24.3 Å². The molecule has 0 saturated heterocycles. The predicted octanol–water partition coefficient (Wildman–Crippen LogP) is 2.16. The maximum atomic E-state index is 12.4. The Morgan fingerprint density at radius 1 is 1.20 bits per heavy atom. The molecular formula is C19H25N3O3. The van der Waals surface area contributed by atoms with Gasteiger partial charge in [-0.1, -0.05) is 19.1 Å². The Kier molecular flexibility index (Phi) is 5.36. The molecule has 0 radical (unpaired) electrons. The van der Waals surface area contributed by atoms with E-state index in [0.717, 1.165) is 31.6 Å². The van der Waals surface area contributed by atoms with Gasteiger partial charge in [0.2, 0.25) is 5.91 Å². The summed E-state index contributed by atoms with van der Waals surface area (Å²) in [5, 5.41) is 3.56. The Labute approximate surface area is 146 Å². The lowest BCUT2D eigenvalue weighted by Crippen LogP contribution is -2.38. The van der Waals surface area contributed by atoms with Gasteiger partial charge in [0.25, 0.3) is 5.56 Å². The number of fused-ring (bicyclic) bond motifs is 1. The van der Waals surface area contributed by atoms with E-state index < -0.39 is 5.69 Å². The van der Waals surface area contributed by atoms with Crippen LogP contribution in [0.4, 0.5) is 0 Å². The summed E-state index contributed by atoms with van der Waals surface area (Å²) in [4.78, 5) is 39.3. The summed E-state index contributed by atoms with van der Waals surface area (Å²) in [6.07, 6.45) is 5.19. The highest BCUT2D eigenvalue weighted by Crippen LogP contribution is 2.23. The molecule has 1 amide bonds. The summed E-state index contributed by atoms with van der Waals surface area (Å²) in [6, 6.07) is 7.22. The van der Waals surface area contributed by atoms with E-state index in [1.165, 1.54) is 4.57 Å². The molecule has 25 heavy (non-hydrogen) atoms. The van der Waals surface area contributed by atoms with Crippen LogP contribution in [0.1, 0.15) is 45.4 Å². The lowest BCUT2D eigenvalue weighted by molar-refractivity contribution is -0.122. The van der Waals surface area contributed by atoms with Gasteiger partial charge in [-0.3, -0.25) is 14.2 Å². The van der Waals surface area contributed by atoms with Gasteiger partial charge in [-0.05, 0) is 50.2 Å². The molecule has 1 heterocycles. The molecule has 6 heteroatoms. The van der Waals surface area contributed by atoms with E-state index in [2.05, 4.69) is 17.2 Å². The van der Waals surface area contributed by atoms with E-state index in [1.807, 2.05) is 0 Å². The van der Waals surface area contributed by atoms with Crippen molar-refractivity contribution in [1.29, 1.82) is 0 Å².